The van der Waals surface area contributed by atoms with E-state index in [-0.39, 0.29) is 10.2 Å². The van der Waals surface area contributed by atoms with Crippen LogP contribution < -0.4 is 4.57 Å². The number of carboxylic acid groups (broad SMARTS) is 1. The van der Waals surface area contributed by atoms with Crippen LogP contribution in [0.2, 0.25) is 9.49 Å². The van der Waals surface area contributed by atoms with E-state index in [1.165, 1.54) is 4.57 Å². The van der Waals surface area contributed by atoms with Gasteiger partial charge in [-0.2, -0.15) is 4.57 Å². The Morgan fingerprint density at radius 2 is 1.93 bits per heavy atom. The third kappa shape index (κ3) is 2.02. The molecule has 0 saturated heterocycles. The first-order chi connectivity index (χ1) is 6.25. The largest absolute Gasteiger partial charge is 0.473 e. The molecule has 0 saturated carbocycles. The van der Waals surface area contributed by atoms with E-state index in [4.69, 9.17) is 28.3 Å². The van der Waals surface area contributed by atoms with E-state index >= 15 is 0 Å². The first kappa shape index (κ1) is 11.8. The monoisotopic (exact) mass is 254 g/mol. The van der Waals surface area contributed by atoms with E-state index < -0.39 is 11.5 Å². The molecule has 78 valence electrons. The van der Waals surface area contributed by atoms with Crippen LogP contribution in [-0.4, -0.2) is 11.1 Å². The third-order valence-electron chi connectivity index (χ3n) is 1.60. The first-order valence-corrected chi connectivity index (χ1v) is 5.46. The van der Waals surface area contributed by atoms with Crippen molar-refractivity contribution in [3.8, 4) is 0 Å². The summed E-state index contributed by atoms with van der Waals surface area (Å²) in [6.45, 7) is 5.61. The molecule has 0 bridgehead atoms. The van der Waals surface area contributed by atoms with Crippen LogP contribution in [0.15, 0.2) is 0 Å². The fourth-order valence-corrected chi connectivity index (χ4v) is 2.78. The highest BCUT2D eigenvalue weighted by atomic mass is 35.5. The quantitative estimate of drug-likeness (QED) is 0.784. The summed E-state index contributed by atoms with van der Waals surface area (Å²) in [5.74, 6) is -1.02. The summed E-state index contributed by atoms with van der Waals surface area (Å²) in [6.07, 6.45) is 0. The lowest BCUT2D eigenvalue weighted by molar-refractivity contribution is -0.749. The van der Waals surface area contributed by atoms with Gasteiger partial charge in [-0.3, -0.25) is 0 Å². The smallest absolute Gasteiger partial charge is 0.412 e. The van der Waals surface area contributed by atoms with E-state index in [2.05, 4.69) is 0 Å². The molecular weight excluding hydrogens is 245 g/mol. The molecule has 0 aromatic carbocycles. The fraction of sp³-hybridized carbons (Fsp3) is 0.500. The molecule has 1 rings (SSSR count). The number of hydrogen-bond acceptors (Lipinski definition) is 2. The molecule has 6 heteroatoms. The van der Waals surface area contributed by atoms with Crippen molar-refractivity contribution in [2.75, 3.05) is 0 Å². The molecule has 1 aromatic heterocycles. The topological polar surface area (TPSA) is 41.2 Å². The van der Waals surface area contributed by atoms with Crippen molar-refractivity contribution in [1.29, 1.82) is 0 Å². The number of aromatic nitrogens is 1. The number of carbonyl (C=O) groups is 1. The van der Waals surface area contributed by atoms with Crippen LogP contribution in [0.1, 0.15) is 30.6 Å². The van der Waals surface area contributed by atoms with Crippen molar-refractivity contribution in [3.05, 3.63) is 14.5 Å². The molecule has 14 heavy (non-hydrogen) atoms. The number of aromatic carboxylic acids is 1. The molecule has 0 fully saturated rings. The zero-order valence-electron chi connectivity index (χ0n) is 7.97. The third-order valence-corrected chi connectivity index (χ3v) is 3.50. The minimum atomic E-state index is -1.02. The van der Waals surface area contributed by atoms with E-state index in [0.717, 1.165) is 11.3 Å². The van der Waals surface area contributed by atoms with Crippen molar-refractivity contribution in [1.82, 2.24) is 0 Å². The normalized spacial score (nSPS) is 11.8. The fourth-order valence-electron chi connectivity index (χ4n) is 1.09. The number of nitrogens with zero attached hydrogens (tertiary/aromatic N) is 1. The summed E-state index contributed by atoms with van der Waals surface area (Å²) in [6, 6.07) is 0. The van der Waals surface area contributed by atoms with Gasteiger partial charge in [-0.05, 0) is 22.9 Å². The van der Waals surface area contributed by atoms with E-state index in [9.17, 15) is 4.79 Å². The van der Waals surface area contributed by atoms with Crippen LogP contribution in [0.25, 0.3) is 0 Å². The predicted molar refractivity (Wildman–Crippen MR) is 56.5 cm³/mol. The van der Waals surface area contributed by atoms with Gasteiger partial charge >= 0.3 is 16.1 Å². The van der Waals surface area contributed by atoms with Gasteiger partial charge < -0.3 is 5.11 Å². The Bertz CT molecular complexity index is 381. The van der Waals surface area contributed by atoms with Crippen molar-refractivity contribution in [2.24, 2.45) is 0 Å². The van der Waals surface area contributed by atoms with Crippen LogP contribution >= 0.6 is 34.5 Å². The lowest BCUT2D eigenvalue weighted by atomic mass is 10.1. The molecule has 0 unspecified atom stereocenters. The first-order valence-electron chi connectivity index (χ1n) is 3.88. The van der Waals surface area contributed by atoms with Crippen LogP contribution in [0.3, 0.4) is 0 Å². The molecule has 0 atom stereocenters. The van der Waals surface area contributed by atoms with Gasteiger partial charge in [-0.1, -0.05) is 11.6 Å². The van der Waals surface area contributed by atoms with Crippen molar-refractivity contribution >= 4 is 40.5 Å². The van der Waals surface area contributed by atoms with Gasteiger partial charge in [-0.25, -0.2) is 4.79 Å². The summed E-state index contributed by atoms with van der Waals surface area (Å²) in [5.41, 5.74) is -0.394. The van der Waals surface area contributed by atoms with E-state index in [0.29, 0.717) is 4.34 Å². The molecule has 0 aliphatic rings. The Balaban J connectivity index is 3.46. The highest BCUT2D eigenvalue weighted by Crippen LogP contribution is 2.29. The van der Waals surface area contributed by atoms with Crippen LogP contribution in [0.5, 0.6) is 0 Å². The van der Waals surface area contributed by atoms with Crippen LogP contribution in [-0.2, 0) is 5.54 Å². The van der Waals surface area contributed by atoms with Gasteiger partial charge in [0, 0.05) is 20.8 Å². The van der Waals surface area contributed by atoms with Gasteiger partial charge in [-0.15, -0.1) is 0 Å². The Morgan fingerprint density at radius 3 is 2.21 bits per heavy atom. The van der Waals surface area contributed by atoms with Gasteiger partial charge in [0.15, 0.2) is 9.88 Å². The maximum Gasteiger partial charge on any atom is 0.412 e. The van der Waals surface area contributed by atoms with E-state index in [1.54, 1.807) is 0 Å². The average Bonchev–Trinajstić information content (AvgIpc) is 2.27. The second kappa shape index (κ2) is 3.68. The Kier molecular flexibility index (Phi) is 3.09. The van der Waals surface area contributed by atoms with Crippen LogP contribution in [0, 0.1) is 0 Å². The molecule has 0 aliphatic carbocycles. The number of carboxylic acids is 1. The highest BCUT2D eigenvalue weighted by molar-refractivity contribution is 7.17. The Morgan fingerprint density at radius 1 is 1.43 bits per heavy atom. The van der Waals surface area contributed by atoms with Crippen LogP contribution in [0.4, 0.5) is 0 Å². The van der Waals surface area contributed by atoms with Gasteiger partial charge in [0.2, 0.25) is 0 Å². The number of halogens is 2. The molecular formula is C8H10Cl2NO2S+. The minimum absolute atomic E-state index is 0.146. The van der Waals surface area contributed by atoms with E-state index in [1.807, 2.05) is 20.8 Å². The van der Waals surface area contributed by atoms with Gasteiger partial charge in [0.05, 0.1) is 0 Å². The number of thiazole rings is 1. The summed E-state index contributed by atoms with van der Waals surface area (Å²) in [5, 5.41) is 9.36. The Labute approximate surface area is 95.9 Å². The molecule has 1 N–H and O–H groups in total. The molecule has 0 spiro atoms. The molecule has 1 heterocycles. The second-order valence-corrected chi connectivity index (χ2v) is 5.74. The highest BCUT2D eigenvalue weighted by Gasteiger charge is 2.37. The maximum atomic E-state index is 10.9. The number of hydrogen-bond donors (Lipinski definition) is 1. The van der Waals surface area contributed by atoms with Gasteiger partial charge in [0.1, 0.15) is 0 Å². The summed E-state index contributed by atoms with van der Waals surface area (Å²) >= 11 is 12.7. The Hall–Kier alpha value is -0.320. The SMILES string of the molecule is CC(C)(C)[n+]1c(C(=O)O)sc(Cl)c1Cl. The molecule has 0 amide bonds. The standard InChI is InChI=1S/C8H9Cl2NO2S/c1-8(2,3)11-4(9)5(10)14-6(11)7(12)13/h1-3H3/p+1. The lowest BCUT2D eigenvalue weighted by Gasteiger charge is -2.12. The number of rotatable bonds is 1. The maximum absolute atomic E-state index is 10.9. The molecule has 0 aliphatic heterocycles. The lowest BCUT2D eigenvalue weighted by Crippen LogP contribution is -2.53. The van der Waals surface area contributed by atoms with Crippen molar-refractivity contribution in [3.63, 3.8) is 0 Å². The molecule has 3 nitrogen and oxygen atoms in total. The second-order valence-electron chi connectivity index (χ2n) is 3.78. The summed E-state index contributed by atoms with van der Waals surface area (Å²) in [7, 11) is 0. The molecule has 0 radical (unpaired) electrons. The average molecular weight is 255 g/mol. The van der Waals surface area contributed by atoms with Gasteiger partial charge in [0.25, 0.3) is 0 Å². The van der Waals surface area contributed by atoms with Crippen molar-refractivity contribution < 1.29 is 14.5 Å². The summed E-state index contributed by atoms with van der Waals surface area (Å²) in [4.78, 5) is 10.9. The zero-order valence-corrected chi connectivity index (χ0v) is 10.3. The predicted octanol–water partition coefficient (Wildman–Crippen LogP) is 2.80. The zero-order chi connectivity index (χ0) is 11.1. The molecule has 1 aromatic rings. The van der Waals surface area contributed by atoms with Crippen molar-refractivity contribution in [2.45, 2.75) is 26.3 Å². The summed E-state index contributed by atoms with van der Waals surface area (Å²) < 4.78 is 1.82. The minimum Gasteiger partial charge on any atom is -0.473 e.